The van der Waals surface area contributed by atoms with Gasteiger partial charge in [-0.1, -0.05) is 30.3 Å². The molecule has 0 spiro atoms. The summed E-state index contributed by atoms with van der Waals surface area (Å²) in [5.41, 5.74) is 6.89. The van der Waals surface area contributed by atoms with Crippen LogP contribution in [0.5, 0.6) is 0 Å². The zero-order valence-corrected chi connectivity index (χ0v) is 15.0. The van der Waals surface area contributed by atoms with Crippen molar-refractivity contribution in [3.8, 4) is 0 Å². The summed E-state index contributed by atoms with van der Waals surface area (Å²) in [6.45, 7) is 7.17. The van der Waals surface area contributed by atoms with Gasteiger partial charge in [0, 0.05) is 11.9 Å². The highest BCUT2D eigenvalue weighted by Crippen LogP contribution is 2.23. The number of anilines is 1. The van der Waals surface area contributed by atoms with Crippen LogP contribution in [0.25, 0.3) is 10.9 Å². The Kier molecular flexibility index (Phi) is 3.96. The van der Waals surface area contributed by atoms with Crippen molar-refractivity contribution in [2.75, 3.05) is 11.6 Å². The molecule has 25 heavy (non-hydrogen) atoms. The Morgan fingerprint density at radius 3 is 2.60 bits per heavy atom. The van der Waals surface area contributed by atoms with Gasteiger partial charge in [-0.2, -0.15) is 5.10 Å². The lowest BCUT2D eigenvalue weighted by Gasteiger charge is -2.24. The first-order valence-corrected chi connectivity index (χ1v) is 8.78. The molecule has 0 amide bonds. The van der Waals surface area contributed by atoms with E-state index in [0.29, 0.717) is 5.95 Å². The Morgan fingerprint density at radius 2 is 1.76 bits per heavy atom. The molecule has 0 saturated heterocycles. The molecule has 4 rings (SSSR count). The minimum atomic E-state index is 0.692. The number of hydrogen-bond donors (Lipinski definition) is 0. The van der Waals surface area contributed by atoms with E-state index < -0.39 is 0 Å². The first-order chi connectivity index (χ1) is 12.1. The Morgan fingerprint density at radius 1 is 0.920 bits per heavy atom. The molecular formula is C21H22N4. The van der Waals surface area contributed by atoms with E-state index in [1.54, 1.807) is 0 Å². The lowest BCUT2D eigenvalue weighted by molar-refractivity contribution is 0.720. The lowest BCUT2D eigenvalue weighted by atomic mass is 10.00. The number of para-hydroxylation sites is 1. The van der Waals surface area contributed by atoms with Crippen LogP contribution >= 0.6 is 0 Å². The minimum Gasteiger partial charge on any atom is -0.231 e. The van der Waals surface area contributed by atoms with Crippen LogP contribution in [-0.2, 0) is 0 Å². The summed E-state index contributed by atoms with van der Waals surface area (Å²) in [7, 11) is 0. The van der Waals surface area contributed by atoms with Crippen LogP contribution in [-0.4, -0.2) is 22.2 Å². The van der Waals surface area contributed by atoms with Gasteiger partial charge in [-0.3, -0.25) is 0 Å². The fourth-order valence-electron chi connectivity index (χ4n) is 3.25. The smallest absolute Gasteiger partial charge is 0.231 e. The van der Waals surface area contributed by atoms with Gasteiger partial charge in [-0.05, 0) is 62.4 Å². The van der Waals surface area contributed by atoms with E-state index in [1.165, 1.54) is 16.7 Å². The SMILES string of the molecule is Cc1ccc(C2=NN(c3nc(C)c4ccccc4n3)CCC2)cc1C. The lowest BCUT2D eigenvalue weighted by Crippen LogP contribution is -2.28. The third-order valence-corrected chi connectivity index (χ3v) is 4.88. The van der Waals surface area contributed by atoms with Crippen LogP contribution in [0, 0.1) is 20.8 Å². The predicted octanol–water partition coefficient (Wildman–Crippen LogP) is 4.56. The quantitative estimate of drug-likeness (QED) is 0.691. The zero-order chi connectivity index (χ0) is 17.4. The van der Waals surface area contributed by atoms with Gasteiger partial charge in [-0.15, -0.1) is 0 Å². The van der Waals surface area contributed by atoms with Gasteiger partial charge in [-0.25, -0.2) is 15.0 Å². The largest absolute Gasteiger partial charge is 0.246 e. The summed E-state index contributed by atoms with van der Waals surface area (Å²) in [6.07, 6.45) is 2.05. The van der Waals surface area contributed by atoms with Crippen molar-refractivity contribution >= 4 is 22.6 Å². The summed E-state index contributed by atoms with van der Waals surface area (Å²) in [6, 6.07) is 14.7. The number of aromatic nitrogens is 2. The molecule has 0 bridgehead atoms. The summed E-state index contributed by atoms with van der Waals surface area (Å²) in [5, 5.41) is 7.92. The molecule has 126 valence electrons. The first-order valence-electron chi connectivity index (χ1n) is 8.78. The molecule has 1 aromatic heterocycles. The van der Waals surface area contributed by atoms with E-state index >= 15 is 0 Å². The molecule has 0 fully saturated rings. The Balaban J connectivity index is 1.74. The van der Waals surface area contributed by atoms with E-state index in [-0.39, 0.29) is 0 Å². The average molecular weight is 330 g/mol. The fourth-order valence-corrected chi connectivity index (χ4v) is 3.25. The van der Waals surface area contributed by atoms with Crippen LogP contribution in [0.15, 0.2) is 47.6 Å². The van der Waals surface area contributed by atoms with Crippen LogP contribution in [0.2, 0.25) is 0 Å². The molecule has 0 saturated carbocycles. The van der Waals surface area contributed by atoms with Crippen molar-refractivity contribution in [2.45, 2.75) is 33.6 Å². The molecule has 3 aromatic rings. The molecule has 1 aliphatic rings. The normalized spacial score (nSPS) is 14.7. The highest BCUT2D eigenvalue weighted by molar-refractivity contribution is 6.01. The summed E-state index contributed by atoms with van der Waals surface area (Å²) >= 11 is 0. The molecule has 0 unspecified atom stereocenters. The zero-order valence-electron chi connectivity index (χ0n) is 15.0. The Bertz CT molecular complexity index is 975. The molecule has 0 radical (unpaired) electrons. The van der Waals surface area contributed by atoms with Gasteiger partial charge in [0.25, 0.3) is 0 Å². The third-order valence-electron chi connectivity index (χ3n) is 4.88. The van der Waals surface area contributed by atoms with Crippen molar-refractivity contribution in [1.82, 2.24) is 9.97 Å². The van der Waals surface area contributed by atoms with E-state index in [9.17, 15) is 0 Å². The second-order valence-electron chi connectivity index (χ2n) is 6.70. The predicted molar refractivity (Wildman–Crippen MR) is 103 cm³/mol. The van der Waals surface area contributed by atoms with Gasteiger partial charge in [0.05, 0.1) is 16.9 Å². The highest BCUT2D eigenvalue weighted by atomic mass is 15.5. The van der Waals surface area contributed by atoms with Gasteiger partial charge >= 0.3 is 0 Å². The number of fused-ring (bicyclic) bond motifs is 1. The van der Waals surface area contributed by atoms with Crippen LogP contribution in [0.3, 0.4) is 0 Å². The Hall–Kier alpha value is -2.75. The van der Waals surface area contributed by atoms with Gasteiger partial charge in [0.2, 0.25) is 5.95 Å². The topological polar surface area (TPSA) is 41.4 Å². The summed E-state index contributed by atoms with van der Waals surface area (Å²) < 4.78 is 0. The number of aryl methyl sites for hydroxylation is 3. The molecule has 0 atom stereocenters. The first kappa shape index (κ1) is 15.8. The maximum Gasteiger partial charge on any atom is 0.246 e. The molecule has 2 aromatic carbocycles. The Labute approximate surface area is 148 Å². The second-order valence-corrected chi connectivity index (χ2v) is 6.70. The third kappa shape index (κ3) is 3.00. The van der Waals surface area contributed by atoms with Gasteiger partial charge in [0.15, 0.2) is 0 Å². The monoisotopic (exact) mass is 330 g/mol. The van der Waals surface area contributed by atoms with Crippen LogP contribution in [0.1, 0.15) is 35.2 Å². The summed E-state index contributed by atoms with van der Waals surface area (Å²) in [5.74, 6) is 0.692. The molecule has 2 heterocycles. The van der Waals surface area contributed by atoms with Gasteiger partial charge in [0.1, 0.15) is 0 Å². The maximum absolute atomic E-state index is 4.87. The molecular weight excluding hydrogens is 308 g/mol. The van der Waals surface area contributed by atoms with Crippen LogP contribution < -0.4 is 5.01 Å². The maximum atomic E-state index is 4.87. The van der Waals surface area contributed by atoms with Crippen molar-refractivity contribution < 1.29 is 0 Å². The van der Waals surface area contributed by atoms with E-state index in [1.807, 2.05) is 30.1 Å². The average Bonchev–Trinajstić information content (AvgIpc) is 2.64. The molecule has 0 N–H and O–H groups in total. The number of nitrogens with zero attached hydrogens (tertiary/aromatic N) is 4. The standard InChI is InChI=1S/C21H22N4/c1-14-10-11-17(13-15(14)2)19-9-6-12-25(24-19)21-22-16(3)18-7-4-5-8-20(18)23-21/h4-5,7-8,10-11,13H,6,9,12H2,1-3H3. The van der Waals surface area contributed by atoms with Crippen molar-refractivity contribution in [1.29, 1.82) is 0 Å². The van der Waals surface area contributed by atoms with Crippen LogP contribution in [0.4, 0.5) is 5.95 Å². The molecule has 4 nitrogen and oxygen atoms in total. The van der Waals surface area contributed by atoms with Gasteiger partial charge < -0.3 is 0 Å². The van der Waals surface area contributed by atoms with E-state index in [2.05, 4.69) is 38.1 Å². The molecule has 4 heteroatoms. The number of benzene rings is 2. The number of rotatable bonds is 2. The van der Waals surface area contributed by atoms with Crippen molar-refractivity contribution in [3.63, 3.8) is 0 Å². The van der Waals surface area contributed by atoms with Crippen molar-refractivity contribution in [2.24, 2.45) is 5.10 Å². The van der Waals surface area contributed by atoms with E-state index in [4.69, 9.17) is 15.1 Å². The molecule has 1 aliphatic heterocycles. The van der Waals surface area contributed by atoms with E-state index in [0.717, 1.165) is 41.7 Å². The minimum absolute atomic E-state index is 0.692. The molecule has 0 aliphatic carbocycles. The van der Waals surface area contributed by atoms with Crippen molar-refractivity contribution in [3.05, 3.63) is 64.8 Å². The highest BCUT2D eigenvalue weighted by Gasteiger charge is 2.18. The number of hydrazone groups is 1. The summed E-state index contributed by atoms with van der Waals surface area (Å²) in [4.78, 5) is 9.42. The second kappa shape index (κ2) is 6.28. The fraction of sp³-hybridized carbons (Fsp3) is 0.286. The number of hydrogen-bond acceptors (Lipinski definition) is 4.